The van der Waals surface area contributed by atoms with E-state index in [1.807, 2.05) is 0 Å². The van der Waals surface area contributed by atoms with E-state index in [2.05, 4.69) is 15.3 Å². The molecule has 7 heteroatoms. The van der Waals surface area contributed by atoms with E-state index in [9.17, 15) is 9.59 Å². The number of hydrogen-bond acceptors (Lipinski definition) is 4. The second-order valence-corrected chi connectivity index (χ2v) is 3.73. The molecule has 2 amide bonds. The van der Waals surface area contributed by atoms with Gasteiger partial charge in [-0.2, -0.15) is 0 Å². The van der Waals surface area contributed by atoms with E-state index in [1.165, 1.54) is 18.3 Å². The molecule has 0 radical (unpaired) electrons. The van der Waals surface area contributed by atoms with E-state index >= 15 is 0 Å². The molecule has 1 aromatic heterocycles. The third kappa shape index (κ3) is 3.69. The molecule has 98 valence electrons. The van der Waals surface area contributed by atoms with Crippen molar-refractivity contribution in [2.24, 2.45) is 0 Å². The Kier molecular flexibility index (Phi) is 5.04. The minimum atomic E-state index is -1.02. The Morgan fingerprint density at radius 1 is 1.56 bits per heavy atom. The van der Waals surface area contributed by atoms with E-state index in [0.717, 1.165) is 0 Å². The van der Waals surface area contributed by atoms with Crippen molar-refractivity contribution in [2.75, 3.05) is 7.05 Å². The highest BCUT2D eigenvalue weighted by Crippen LogP contribution is 2.02. The number of carboxylic acid groups (broad SMARTS) is 1. The van der Waals surface area contributed by atoms with Crippen molar-refractivity contribution >= 4 is 12.0 Å². The van der Waals surface area contributed by atoms with Gasteiger partial charge in [-0.1, -0.05) is 6.92 Å². The van der Waals surface area contributed by atoms with Crippen molar-refractivity contribution in [2.45, 2.75) is 25.9 Å². The Hall–Kier alpha value is -2.18. The summed E-state index contributed by atoms with van der Waals surface area (Å²) in [6.45, 7) is 1.95. The molecule has 0 aliphatic carbocycles. The maximum absolute atomic E-state index is 11.7. The number of amides is 2. The summed E-state index contributed by atoms with van der Waals surface area (Å²) in [4.78, 5) is 31.5. The first-order valence-electron chi connectivity index (χ1n) is 5.54. The molecule has 2 N–H and O–H groups in total. The number of aromatic nitrogens is 2. The van der Waals surface area contributed by atoms with Crippen molar-refractivity contribution < 1.29 is 14.7 Å². The Labute approximate surface area is 105 Å². The van der Waals surface area contributed by atoms with Crippen LogP contribution in [0.2, 0.25) is 0 Å². The van der Waals surface area contributed by atoms with Crippen molar-refractivity contribution in [3.63, 3.8) is 0 Å². The Balaban J connectivity index is 2.52. The van der Waals surface area contributed by atoms with Crippen LogP contribution in [0.3, 0.4) is 0 Å². The van der Waals surface area contributed by atoms with Crippen molar-refractivity contribution in [1.82, 2.24) is 20.2 Å². The third-order valence-corrected chi connectivity index (χ3v) is 2.52. The number of likely N-dealkylation sites (N-methyl/N-ethyl adjacent to an activating group) is 1. The maximum Gasteiger partial charge on any atom is 0.326 e. The average molecular weight is 252 g/mol. The van der Waals surface area contributed by atoms with Gasteiger partial charge in [0.25, 0.3) is 0 Å². The minimum Gasteiger partial charge on any atom is -0.480 e. The fourth-order valence-corrected chi connectivity index (χ4v) is 1.47. The summed E-state index contributed by atoms with van der Waals surface area (Å²) in [5.41, 5.74) is 0.662. The first kappa shape index (κ1) is 13.9. The van der Waals surface area contributed by atoms with Gasteiger partial charge in [-0.3, -0.25) is 0 Å². The van der Waals surface area contributed by atoms with E-state index in [-0.39, 0.29) is 6.54 Å². The van der Waals surface area contributed by atoms with E-state index in [0.29, 0.717) is 12.1 Å². The number of hydrogen-bond donors (Lipinski definition) is 2. The SMILES string of the molecule is CCC(C(=O)O)N(C)C(=O)NCc1ccncn1. The van der Waals surface area contributed by atoms with E-state index < -0.39 is 18.0 Å². The summed E-state index contributed by atoms with van der Waals surface area (Å²) in [6.07, 6.45) is 3.31. The lowest BCUT2D eigenvalue weighted by Crippen LogP contribution is -2.46. The molecule has 0 aromatic carbocycles. The standard InChI is InChI=1S/C11H16N4O3/c1-3-9(10(16)17)15(2)11(18)13-6-8-4-5-12-7-14-8/h4-5,7,9H,3,6H2,1-2H3,(H,13,18)(H,16,17). The second kappa shape index (κ2) is 6.53. The summed E-state index contributed by atoms with van der Waals surface area (Å²) in [7, 11) is 1.46. The smallest absolute Gasteiger partial charge is 0.326 e. The lowest BCUT2D eigenvalue weighted by molar-refractivity contribution is -0.141. The highest BCUT2D eigenvalue weighted by Gasteiger charge is 2.24. The molecule has 0 fully saturated rings. The van der Waals surface area contributed by atoms with Crippen LogP contribution in [0, 0.1) is 0 Å². The predicted octanol–water partition coefficient (Wildman–Crippen LogP) is 0.481. The molecule has 1 unspecified atom stereocenters. The van der Waals surface area contributed by atoms with Gasteiger partial charge in [-0.15, -0.1) is 0 Å². The van der Waals surface area contributed by atoms with Gasteiger partial charge in [-0.05, 0) is 12.5 Å². The molecule has 0 saturated heterocycles. The first-order chi connectivity index (χ1) is 8.56. The number of carbonyl (C=O) groups is 2. The molecule has 0 bridgehead atoms. The zero-order valence-corrected chi connectivity index (χ0v) is 10.3. The topological polar surface area (TPSA) is 95.4 Å². The quantitative estimate of drug-likeness (QED) is 0.794. The molecule has 7 nitrogen and oxygen atoms in total. The van der Waals surface area contributed by atoms with Crippen molar-refractivity contribution in [1.29, 1.82) is 0 Å². The fourth-order valence-electron chi connectivity index (χ4n) is 1.47. The van der Waals surface area contributed by atoms with Gasteiger partial charge in [0.1, 0.15) is 12.4 Å². The Morgan fingerprint density at radius 3 is 2.78 bits per heavy atom. The van der Waals surface area contributed by atoms with E-state index in [4.69, 9.17) is 5.11 Å². The van der Waals surface area contributed by atoms with Crippen molar-refractivity contribution in [3.8, 4) is 0 Å². The van der Waals surface area contributed by atoms with Crippen LogP contribution >= 0.6 is 0 Å². The van der Waals surface area contributed by atoms with Crippen LogP contribution in [0.4, 0.5) is 4.79 Å². The molecular formula is C11H16N4O3. The van der Waals surface area contributed by atoms with Gasteiger partial charge >= 0.3 is 12.0 Å². The van der Waals surface area contributed by atoms with Gasteiger partial charge < -0.3 is 15.3 Å². The van der Waals surface area contributed by atoms with E-state index in [1.54, 1.807) is 19.2 Å². The zero-order chi connectivity index (χ0) is 13.5. The Morgan fingerprint density at radius 2 is 2.28 bits per heavy atom. The number of carbonyl (C=O) groups excluding carboxylic acids is 1. The fraction of sp³-hybridized carbons (Fsp3) is 0.455. The summed E-state index contributed by atoms with van der Waals surface area (Å²) in [5.74, 6) is -1.02. The molecule has 1 rings (SSSR count). The Bertz CT molecular complexity index is 410. The lowest BCUT2D eigenvalue weighted by atomic mass is 10.2. The molecule has 1 aromatic rings. The molecule has 0 saturated carbocycles. The first-order valence-corrected chi connectivity index (χ1v) is 5.54. The average Bonchev–Trinajstić information content (AvgIpc) is 2.37. The van der Waals surface area contributed by atoms with Gasteiger partial charge in [0.2, 0.25) is 0 Å². The number of nitrogens with zero attached hydrogens (tertiary/aromatic N) is 3. The van der Waals surface area contributed by atoms with Gasteiger partial charge in [-0.25, -0.2) is 19.6 Å². The minimum absolute atomic E-state index is 0.238. The van der Waals surface area contributed by atoms with Crippen LogP contribution in [0.5, 0.6) is 0 Å². The van der Waals surface area contributed by atoms with Gasteiger partial charge in [0, 0.05) is 13.2 Å². The molecule has 0 aliphatic rings. The maximum atomic E-state index is 11.7. The molecule has 1 atom stereocenters. The largest absolute Gasteiger partial charge is 0.480 e. The number of nitrogens with one attached hydrogen (secondary N) is 1. The molecule has 0 spiro atoms. The summed E-state index contributed by atoms with van der Waals surface area (Å²) >= 11 is 0. The highest BCUT2D eigenvalue weighted by atomic mass is 16.4. The monoisotopic (exact) mass is 252 g/mol. The summed E-state index contributed by atoms with van der Waals surface area (Å²) in [6, 6.07) is 0.410. The molecule has 0 aliphatic heterocycles. The van der Waals surface area contributed by atoms with Crippen LogP contribution in [-0.2, 0) is 11.3 Å². The lowest BCUT2D eigenvalue weighted by Gasteiger charge is -2.23. The van der Waals surface area contributed by atoms with Gasteiger partial charge in [0.05, 0.1) is 12.2 Å². The summed E-state index contributed by atoms with van der Waals surface area (Å²) in [5, 5.41) is 11.5. The van der Waals surface area contributed by atoms with Crippen molar-refractivity contribution in [3.05, 3.63) is 24.3 Å². The van der Waals surface area contributed by atoms with Crippen LogP contribution in [0.25, 0.3) is 0 Å². The molecule has 1 heterocycles. The van der Waals surface area contributed by atoms with Crippen LogP contribution in [0.15, 0.2) is 18.6 Å². The zero-order valence-electron chi connectivity index (χ0n) is 10.3. The predicted molar refractivity (Wildman–Crippen MR) is 63.7 cm³/mol. The number of rotatable bonds is 5. The van der Waals surface area contributed by atoms with Gasteiger partial charge in [0.15, 0.2) is 0 Å². The van der Waals surface area contributed by atoms with Crippen LogP contribution in [0.1, 0.15) is 19.0 Å². The number of carboxylic acids is 1. The normalized spacial score (nSPS) is 11.7. The number of aliphatic carboxylic acids is 1. The van der Waals surface area contributed by atoms with Crippen LogP contribution < -0.4 is 5.32 Å². The second-order valence-electron chi connectivity index (χ2n) is 3.73. The molecule has 18 heavy (non-hydrogen) atoms. The van der Waals surface area contributed by atoms with Crippen LogP contribution in [-0.4, -0.2) is 45.1 Å². The molecular weight excluding hydrogens is 236 g/mol. The number of urea groups is 1. The third-order valence-electron chi connectivity index (χ3n) is 2.52. The highest BCUT2D eigenvalue weighted by molar-refractivity contribution is 5.82. The summed E-state index contributed by atoms with van der Waals surface area (Å²) < 4.78 is 0.